The molecule has 10 heteroatoms. The van der Waals surface area contributed by atoms with E-state index in [-0.39, 0.29) is 28.0 Å². The highest BCUT2D eigenvalue weighted by Crippen LogP contribution is 2.60. The zero-order valence-corrected chi connectivity index (χ0v) is 14.8. The first-order chi connectivity index (χ1) is 11.5. The van der Waals surface area contributed by atoms with Crippen molar-refractivity contribution in [1.82, 2.24) is 0 Å². The molecule has 1 aliphatic carbocycles. The SMILES string of the molecule is CC1(C)[C@H](C=C(Cl)Cl)[C@H]1C(=O)OCc1cc([N+](=O)[O-])cc([N+](=O)[O-])c1. The highest BCUT2D eigenvalue weighted by Gasteiger charge is 2.61. The van der Waals surface area contributed by atoms with Crippen LogP contribution >= 0.6 is 23.2 Å². The molecule has 0 N–H and O–H groups in total. The van der Waals surface area contributed by atoms with Crippen LogP contribution in [0, 0.1) is 37.5 Å². The van der Waals surface area contributed by atoms with Crippen LogP contribution in [-0.4, -0.2) is 15.8 Å². The lowest BCUT2D eigenvalue weighted by Gasteiger charge is -2.06. The number of allylic oxidation sites excluding steroid dienone is 1. The maximum absolute atomic E-state index is 12.2. The fourth-order valence-corrected chi connectivity index (χ4v) is 3.04. The van der Waals surface area contributed by atoms with E-state index >= 15 is 0 Å². The van der Waals surface area contributed by atoms with E-state index in [2.05, 4.69) is 0 Å². The molecule has 1 aromatic carbocycles. The first-order valence-corrected chi connectivity index (χ1v) is 7.92. The minimum Gasteiger partial charge on any atom is -0.461 e. The fourth-order valence-electron chi connectivity index (χ4n) is 2.77. The van der Waals surface area contributed by atoms with Crippen LogP contribution in [0.2, 0.25) is 0 Å². The van der Waals surface area contributed by atoms with Gasteiger partial charge in [-0.05, 0) is 17.4 Å². The summed E-state index contributed by atoms with van der Waals surface area (Å²) >= 11 is 11.2. The number of carbonyl (C=O) groups excluding carboxylic acids is 1. The molecule has 1 saturated carbocycles. The average molecular weight is 389 g/mol. The van der Waals surface area contributed by atoms with Crippen molar-refractivity contribution in [3.05, 3.63) is 54.6 Å². The second kappa shape index (κ2) is 6.97. The van der Waals surface area contributed by atoms with Crippen molar-refractivity contribution < 1.29 is 19.4 Å². The normalized spacial score (nSPS) is 20.5. The lowest BCUT2D eigenvalue weighted by atomic mass is 10.1. The van der Waals surface area contributed by atoms with Crippen molar-refractivity contribution in [1.29, 1.82) is 0 Å². The topological polar surface area (TPSA) is 113 Å². The molecule has 2 atom stereocenters. The number of hydrogen-bond acceptors (Lipinski definition) is 6. The molecular weight excluding hydrogens is 375 g/mol. The van der Waals surface area contributed by atoms with Crippen LogP contribution < -0.4 is 0 Å². The van der Waals surface area contributed by atoms with E-state index in [0.717, 1.165) is 18.2 Å². The van der Waals surface area contributed by atoms with Crippen molar-refractivity contribution in [3.8, 4) is 0 Å². The molecular formula is C15H14Cl2N2O6. The number of nitro groups is 2. The first-order valence-electron chi connectivity index (χ1n) is 7.16. The van der Waals surface area contributed by atoms with Gasteiger partial charge in [-0.3, -0.25) is 25.0 Å². The first kappa shape index (κ1) is 19.1. The van der Waals surface area contributed by atoms with E-state index in [9.17, 15) is 25.0 Å². The Morgan fingerprint density at radius 1 is 1.20 bits per heavy atom. The molecule has 25 heavy (non-hydrogen) atoms. The van der Waals surface area contributed by atoms with Crippen LogP contribution in [0.25, 0.3) is 0 Å². The number of hydrogen-bond donors (Lipinski definition) is 0. The highest BCUT2D eigenvalue weighted by molar-refractivity contribution is 6.55. The minimum absolute atomic E-state index is 0.0580. The molecule has 0 saturated heterocycles. The van der Waals surface area contributed by atoms with Gasteiger partial charge in [0.1, 0.15) is 11.1 Å². The number of rotatable bonds is 6. The third-order valence-corrected chi connectivity index (χ3v) is 4.49. The Hall–Kier alpha value is -2.19. The van der Waals surface area contributed by atoms with Gasteiger partial charge in [-0.25, -0.2) is 0 Å². The molecule has 0 aliphatic heterocycles. The van der Waals surface area contributed by atoms with Crippen LogP contribution in [0.1, 0.15) is 19.4 Å². The largest absolute Gasteiger partial charge is 0.461 e. The maximum atomic E-state index is 12.2. The molecule has 0 amide bonds. The van der Waals surface area contributed by atoms with E-state index in [4.69, 9.17) is 27.9 Å². The summed E-state index contributed by atoms with van der Waals surface area (Å²) < 4.78 is 5.23. The summed E-state index contributed by atoms with van der Waals surface area (Å²) in [5.41, 5.74) is -1.10. The van der Waals surface area contributed by atoms with E-state index in [1.165, 1.54) is 0 Å². The molecule has 1 fully saturated rings. The maximum Gasteiger partial charge on any atom is 0.310 e. The zero-order valence-electron chi connectivity index (χ0n) is 13.3. The van der Waals surface area contributed by atoms with E-state index in [1.807, 2.05) is 13.8 Å². The van der Waals surface area contributed by atoms with Gasteiger partial charge in [0, 0.05) is 17.7 Å². The molecule has 1 aliphatic rings. The van der Waals surface area contributed by atoms with Gasteiger partial charge >= 0.3 is 5.97 Å². The number of non-ortho nitro benzene ring substituents is 2. The number of carbonyl (C=O) groups is 1. The van der Waals surface area contributed by atoms with Crippen molar-refractivity contribution in [2.75, 3.05) is 0 Å². The second-order valence-corrected chi connectivity index (χ2v) is 7.27. The van der Waals surface area contributed by atoms with Gasteiger partial charge in [0.05, 0.1) is 21.8 Å². The molecule has 2 rings (SSSR count). The number of nitrogens with zero attached hydrogens (tertiary/aromatic N) is 2. The summed E-state index contributed by atoms with van der Waals surface area (Å²) in [5.74, 6) is -1.15. The van der Waals surface area contributed by atoms with Crippen molar-refractivity contribution in [3.63, 3.8) is 0 Å². The Kier molecular flexibility index (Phi) is 5.34. The van der Waals surface area contributed by atoms with Gasteiger partial charge in [0.25, 0.3) is 11.4 Å². The predicted octanol–water partition coefficient (Wildman–Crippen LogP) is 4.14. The summed E-state index contributed by atoms with van der Waals surface area (Å²) in [7, 11) is 0. The second-order valence-electron chi connectivity index (χ2n) is 6.26. The van der Waals surface area contributed by atoms with Crippen LogP contribution in [0.3, 0.4) is 0 Å². The van der Waals surface area contributed by atoms with Crippen molar-refractivity contribution in [2.24, 2.45) is 17.3 Å². The molecule has 134 valence electrons. The Balaban J connectivity index is 2.11. The lowest BCUT2D eigenvalue weighted by Crippen LogP contribution is -2.11. The standard InChI is InChI=1S/C15H14Cl2N2O6/c1-15(2)11(6-12(16)17)13(15)14(20)25-7-8-3-9(18(21)22)5-10(4-8)19(23)24/h3-6,11,13H,7H2,1-2H3/t11-,13+/m1/s1. The van der Waals surface area contributed by atoms with Crippen LogP contribution in [0.15, 0.2) is 28.8 Å². The summed E-state index contributed by atoms with van der Waals surface area (Å²) in [6, 6.07) is 3.11. The molecule has 8 nitrogen and oxygen atoms in total. The Morgan fingerprint density at radius 2 is 1.72 bits per heavy atom. The van der Waals surface area contributed by atoms with E-state index in [1.54, 1.807) is 6.08 Å². The Labute approximate surface area is 152 Å². The number of esters is 1. The number of nitro benzene ring substituents is 2. The third-order valence-electron chi connectivity index (χ3n) is 4.24. The monoisotopic (exact) mass is 388 g/mol. The molecule has 1 aromatic rings. The zero-order chi connectivity index (χ0) is 18.9. The van der Waals surface area contributed by atoms with Crippen LogP contribution in [-0.2, 0) is 16.1 Å². The summed E-state index contributed by atoms with van der Waals surface area (Å²) in [5, 5.41) is 21.7. The summed E-state index contributed by atoms with van der Waals surface area (Å²) in [6.45, 7) is 3.41. The average Bonchev–Trinajstić information content (AvgIpc) is 3.04. The van der Waals surface area contributed by atoms with E-state index < -0.39 is 33.1 Å². The van der Waals surface area contributed by atoms with Gasteiger partial charge in [0.15, 0.2) is 0 Å². The quantitative estimate of drug-likeness (QED) is 0.411. The van der Waals surface area contributed by atoms with Crippen LogP contribution in [0.5, 0.6) is 0 Å². The number of ether oxygens (including phenoxy) is 1. The molecule has 0 heterocycles. The smallest absolute Gasteiger partial charge is 0.310 e. The Bertz CT molecular complexity index is 741. The Morgan fingerprint density at radius 3 is 2.16 bits per heavy atom. The third kappa shape index (κ3) is 4.26. The summed E-state index contributed by atoms with van der Waals surface area (Å²) in [6.07, 6.45) is 1.56. The predicted molar refractivity (Wildman–Crippen MR) is 90.1 cm³/mol. The van der Waals surface area contributed by atoms with Gasteiger partial charge < -0.3 is 4.74 Å². The van der Waals surface area contributed by atoms with Crippen molar-refractivity contribution in [2.45, 2.75) is 20.5 Å². The van der Waals surface area contributed by atoms with E-state index in [0.29, 0.717) is 0 Å². The fraction of sp³-hybridized carbons (Fsp3) is 0.400. The molecule has 0 radical (unpaired) electrons. The molecule has 0 unspecified atom stereocenters. The van der Waals surface area contributed by atoms with Gasteiger partial charge in [-0.2, -0.15) is 0 Å². The van der Waals surface area contributed by atoms with Gasteiger partial charge in [0.2, 0.25) is 0 Å². The molecule has 0 aromatic heterocycles. The number of halogens is 2. The van der Waals surface area contributed by atoms with Gasteiger partial charge in [-0.1, -0.05) is 37.0 Å². The minimum atomic E-state index is -0.744. The molecule has 0 spiro atoms. The number of benzene rings is 1. The highest BCUT2D eigenvalue weighted by atomic mass is 35.5. The van der Waals surface area contributed by atoms with Crippen LogP contribution in [0.4, 0.5) is 11.4 Å². The lowest BCUT2D eigenvalue weighted by molar-refractivity contribution is -0.394. The molecule has 0 bridgehead atoms. The van der Waals surface area contributed by atoms with Crippen molar-refractivity contribution >= 4 is 40.5 Å². The summed E-state index contributed by atoms with van der Waals surface area (Å²) in [4.78, 5) is 32.4. The van der Waals surface area contributed by atoms with Gasteiger partial charge in [-0.15, -0.1) is 0 Å².